The number of hydrogen-bond acceptors (Lipinski definition) is 1. The maximum absolute atomic E-state index is 11.7. The van der Waals surface area contributed by atoms with Crippen molar-refractivity contribution in [1.82, 2.24) is 5.32 Å². The van der Waals surface area contributed by atoms with Gasteiger partial charge in [0.25, 0.3) is 0 Å². The van der Waals surface area contributed by atoms with Gasteiger partial charge in [0, 0.05) is 6.54 Å². The summed E-state index contributed by atoms with van der Waals surface area (Å²) in [5, 5.41) is 3.95. The number of morpholine rings is 1. The average molecular weight is 118 g/mol. The minimum atomic E-state index is -0.375. The van der Waals surface area contributed by atoms with Crippen molar-refractivity contribution in [2.45, 2.75) is 6.04 Å². The molecule has 0 aromatic heterocycles. The zero-order valence-electron chi connectivity index (χ0n) is 4.64. The molecule has 1 aliphatic heterocycles. The van der Waals surface area contributed by atoms with E-state index >= 15 is 0 Å². The normalized spacial score (nSPS) is 30.4. The van der Waals surface area contributed by atoms with Crippen molar-refractivity contribution in [3.63, 3.8) is 0 Å². The van der Waals surface area contributed by atoms with E-state index in [1.54, 1.807) is 0 Å². The quantitative estimate of drug-likeness (QED) is 0.474. The summed E-state index contributed by atoms with van der Waals surface area (Å²) in [4.78, 5) is 0. The highest BCUT2D eigenvalue weighted by atomic mass is 19.1. The molecule has 3 heteroatoms. The fourth-order valence-corrected chi connectivity index (χ4v) is 0.665. The summed E-state index contributed by atoms with van der Waals surface area (Å²) in [5.41, 5.74) is 0. The largest absolute Gasteiger partial charge is 0.378 e. The van der Waals surface area contributed by atoms with E-state index in [4.69, 9.17) is 4.74 Å². The predicted octanol–water partition coefficient (Wildman–Crippen LogP) is -0.0409. The van der Waals surface area contributed by atoms with Gasteiger partial charge in [0.15, 0.2) is 0 Å². The monoisotopic (exact) mass is 118 g/mol. The second-order valence-corrected chi connectivity index (χ2v) is 1.79. The Labute approximate surface area is 48.0 Å². The number of alkyl halides is 1. The van der Waals surface area contributed by atoms with Gasteiger partial charge in [-0.25, -0.2) is 9.71 Å². The Morgan fingerprint density at radius 1 is 1.75 bits per heavy atom. The molecule has 0 aromatic carbocycles. The first-order chi connectivity index (χ1) is 3.93. The lowest BCUT2D eigenvalue weighted by Gasteiger charge is -2.18. The standard InChI is InChI=1S/C5H9FNO/c6-3-5-4-8-2-1-7-5/h5H,1-4H2. The van der Waals surface area contributed by atoms with Crippen LogP contribution in [0.3, 0.4) is 0 Å². The average Bonchev–Trinajstić information content (AvgIpc) is 1.90. The summed E-state index contributed by atoms with van der Waals surface area (Å²) < 4.78 is 16.6. The van der Waals surface area contributed by atoms with E-state index in [2.05, 4.69) is 5.32 Å². The van der Waals surface area contributed by atoms with E-state index in [0.717, 1.165) is 0 Å². The predicted molar refractivity (Wildman–Crippen MR) is 27.6 cm³/mol. The number of ether oxygens (including phenoxy) is 1. The molecule has 1 fully saturated rings. The van der Waals surface area contributed by atoms with Crippen molar-refractivity contribution in [3.8, 4) is 0 Å². The lowest BCUT2D eigenvalue weighted by Crippen LogP contribution is -2.37. The van der Waals surface area contributed by atoms with Gasteiger partial charge in [0.2, 0.25) is 0 Å². The van der Waals surface area contributed by atoms with E-state index in [1.807, 2.05) is 0 Å². The third kappa shape index (κ3) is 1.42. The molecule has 1 radical (unpaired) electrons. The SMILES string of the molecule is FCC1COCC[N]1. The molecule has 47 valence electrons. The van der Waals surface area contributed by atoms with E-state index in [0.29, 0.717) is 19.8 Å². The molecule has 1 heterocycles. The Hall–Kier alpha value is -0.150. The summed E-state index contributed by atoms with van der Waals surface area (Å²) in [6.07, 6.45) is 0. The fraction of sp³-hybridized carbons (Fsp3) is 1.00. The van der Waals surface area contributed by atoms with Crippen LogP contribution in [0.2, 0.25) is 0 Å². The molecule has 2 nitrogen and oxygen atoms in total. The molecule has 1 aliphatic rings. The Morgan fingerprint density at radius 3 is 3.00 bits per heavy atom. The van der Waals surface area contributed by atoms with Crippen molar-refractivity contribution >= 4 is 0 Å². The Balaban J connectivity index is 2.13. The Bertz CT molecular complexity index is 63.4. The molecular formula is C5H9FNO. The minimum absolute atomic E-state index is 0.177. The number of nitrogens with zero attached hydrogens (tertiary/aromatic N) is 1. The van der Waals surface area contributed by atoms with Gasteiger partial charge in [-0.05, 0) is 0 Å². The first-order valence-corrected chi connectivity index (χ1v) is 2.74. The Kier molecular flexibility index (Phi) is 2.24. The second kappa shape index (κ2) is 2.99. The molecule has 8 heavy (non-hydrogen) atoms. The van der Waals surface area contributed by atoms with Crippen LogP contribution in [-0.4, -0.2) is 32.5 Å². The molecule has 1 unspecified atom stereocenters. The maximum atomic E-state index is 11.7. The molecule has 0 aromatic rings. The smallest absolute Gasteiger partial charge is 0.109 e. The first kappa shape index (κ1) is 5.98. The van der Waals surface area contributed by atoms with Crippen molar-refractivity contribution in [2.75, 3.05) is 26.4 Å². The Morgan fingerprint density at radius 2 is 2.62 bits per heavy atom. The van der Waals surface area contributed by atoms with Crippen LogP contribution >= 0.6 is 0 Å². The van der Waals surface area contributed by atoms with Gasteiger partial charge in [-0.3, -0.25) is 0 Å². The summed E-state index contributed by atoms with van der Waals surface area (Å²) in [7, 11) is 0. The summed E-state index contributed by atoms with van der Waals surface area (Å²) in [5.74, 6) is 0. The molecule has 1 atom stereocenters. The molecule has 0 amide bonds. The van der Waals surface area contributed by atoms with Gasteiger partial charge in [-0.15, -0.1) is 0 Å². The molecule has 0 spiro atoms. The van der Waals surface area contributed by atoms with Crippen LogP contribution in [0.1, 0.15) is 0 Å². The zero-order valence-corrected chi connectivity index (χ0v) is 4.64. The third-order valence-corrected chi connectivity index (χ3v) is 1.11. The summed E-state index contributed by atoms with van der Waals surface area (Å²) in [6.45, 7) is 1.42. The molecule has 0 aliphatic carbocycles. The molecule has 0 bridgehead atoms. The highest BCUT2D eigenvalue weighted by molar-refractivity contribution is 4.67. The van der Waals surface area contributed by atoms with Gasteiger partial charge >= 0.3 is 0 Å². The van der Waals surface area contributed by atoms with Crippen LogP contribution in [-0.2, 0) is 4.74 Å². The summed E-state index contributed by atoms with van der Waals surface area (Å²) >= 11 is 0. The van der Waals surface area contributed by atoms with E-state index in [-0.39, 0.29) is 12.7 Å². The topological polar surface area (TPSA) is 23.3 Å². The molecule has 0 saturated carbocycles. The van der Waals surface area contributed by atoms with Gasteiger partial charge in [-0.1, -0.05) is 0 Å². The lowest BCUT2D eigenvalue weighted by atomic mass is 10.3. The van der Waals surface area contributed by atoms with E-state index in [1.165, 1.54) is 0 Å². The highest BCUT2D eigenvalue weighted by Gasteiger charge is 2.12. The van der Waals surface area contributed by atoms with E-state index in [9.17, 15) is 4.39 Å². The number of halogens is 1. The molecular weight excluding hydrogens is 109 g/mol. The van der Waals surface area contributed by atoms with Crippen molar-refractivity contribution < 1.29 is 9.13 Å². The van der Waals surface area contributed by atoms with Crippen LogP contribution in [0.4, 0.5) is 4.39 Å². The van der Waals surface area contributed by atoms with Crippen molar-refractivity contribution in [2.24, 2.45) is 0 Å². The number of rotatable bonds is 1. The maximum Gasteiger partial charge on any atom is 0.109 e. The fourth-order valence-electron chi connectivity index (χ4n) is 0.665. The van der Waals surface area contributed by atoms with Crippen LogP contribution in [0.15, 0.2) is 0 Å². The van der Waals surface area contributed by atoms with Crippen LogP contribution in [0, 0.1) is 0 Å². The second-order valence-electron chi connectivity index (χ2n) is 1.79. The van der Waals surface area contributed by atoms with Gasteiger partial charge < -0.3 is 4.74 Å². The minimum Gasteiger partial charge on any atom is -0.378 e. The molecule has 0 N–H and O–H groups in total. The highest BCUT2D eigenvalue weighted by Crippen LogP contribution is 1.94. The van der Waals surface area contributed by atoms with Crippen LogP contribution in [0.5, 0.6) is 0 Å². The lowest BCUT2D eigenvalue weighted by molar-refractivity contribution is 0.0660. The molecule has 1 rings (SSSR count). The van der Waals surface area contributed by atoms with Gasteiger partial charge in [0.1, 0.15) is 6.67 Å². The van der Waals surface area contributed by atoms with Gasteiger partial charge in [-0.2, -0.15) is 0 Å². The zero-order chi connectivity index (χ0) is 5.82. The summed E-state index contributed by atoms with van der Waals surface area (Å²) in [6, 6.07) is -0.177. The van der Waals surface area contributed by atoms with Crippen molar-refractivity contribution in [1.29, 1.82) is 0 Å². The number of hydrogen-bond donors (Lipinski definition) is 0. The van der Waals surface area contributed by atoms with Crippen LogP contribution < -0.4 is 5.32 Å². The van der Waals surface area contributed by atoms with Crippen molar-refractivity contribution in [3.05, 3.63) is 0 Å². The molecule has 1 saturated heterocycles. The third-order valence-electron chi connectivity index (χ3n) is 1.11. The van der Waals surface area contributed by atoms with Gasteiger partial charge in [0.05, 0.1) is 19.3 Å². The van der Waals surface area contributed by atoms with Crippen LogP contribution in [0.25, 0.3) is 0 Å². The first-order valence-electron chi connectivity index (χ1n) is 2.74. The van der Waals surface area contributed by atoms with E-state index < -0.39 is 0 Å².